The van der Waals surface area contributed by atoms with E-state index in [9.17, 15) is 13.9 Å². The van der Waals surface area contributed by atoms with Crippen molar-refractivity contribution in [2.75, 3.05) is 0 Å². The summed E-state index contributed by atoms with van der Waals surface area (Å²) in [6.07, 6.45) is 0. The van der Waals surface area contributed by atoms with Crippen molar-refractivity contribution in [1.29, 1.82) is 0 Å². The molecule has 0 saturated carbocycles. The quantitative estimate of drug-likeness (QED) is 0.856. The molecule has 0 aliphatic heterocycles. The number of halogens is 2. The van der Waals surface area contributed by atoms with Crippen molar-refractivity contribution in [2.24, 2.45) is 0 Å². The van der Waals surface area contributed by atoms with Crippen LogP contribution in [0.25, 0.3) is 11.3 Å². The van der Waals surface area contributed by atoms with E-state index in [1.165, 1.54) is 18.2 Å². The van der Waals surface area contributed by atoms with E-state index in [0.29, 0.717) is 5.69 Å². The molecule has 1 aromatic carbocycles. The van der Waals surface area contributed by atoms with Crippen LogP contribution in [0.3, 0.4) is 0 Å². The number of phenolic OH excluding ortho intramolecular Hbond substituents is 1. The van der Waals surface area contributed by atoms with Gasteiger partial charge in [-0.25, -0.2) is 13.8 Å². The summed E-state index contributed by atoms with van der Waals surface area (Å²) in [6, 6.07) is 8.29. The van der Waals surface area contributed by atoms with E-state index >= 15 is 0 Å². The number of aromatic nitrogens is 1. The molecule has 2 rings (SSSR count). The maximum atomic E-state index is 13.0. The predicted molar refractivity (Wildman–Crippen MR) is 56.1 cm³/mol. The normalized spacial score (nSPS) is 9.76. The first-order valence-electron chi connectivity index (χ1n) is 4.71. The second kappa shape index (κ2) is 5.75. The zero-order valence-corrected chi connectivity index (χ0v) is 9.78. The van der Waals surface area contributed by atoms with Gasteiger partial charge in [-0.05, 0) is 30.3 Å². The van der Waals surface area contributed by atoms with Crippen molar-refractivity contribution in [1.82, 2.24) is 4.98 Å². The molecule has 0 bridgehead atoms. The Morgan fingerprint density at radius 3 is 2.65 bits per heavy atom. The van der Waals surface area contributed by atoms with Gasteiger partial charge < -0.3 is 5.11 Å². The fourth-order valence-corrected chi connectivity index (χ4v) is 1.42. The van der Waals surface area contributed by atoms with E-state index in [1.54, 1.807) is 12.1 Å². The third-order valence-corrected chi connectivity index (χ3v) is 2.18. The Labute approximate surface area is 108 Å². The zero-order valence-electron chi connectivity index (χ0n) is 8.68. The van der Waals surface area contributed by atoms with Crippen molar-refractivity contribution < 1.29 is 31.0 Å². The number of alkyl halides is 1. The van der Waals surface area contributed by atoms with Gasteiger partial charge in [0.05, 0.1) is 11.4 Å². The summed E-state index contributed by atoms with van der Waals surface area (Å²) in [5, 5.41) is 9.55. The van der Waals surface area contributed by atoms with Crippen LogP contribution in [0.15, 0.2) is 36.4 Å². The minimum Gasteiger partial charge on any atom is -0.507 e. The Morgan fingerprint density at radius 2 is 1.94 bits per heavy atom. The zero-order chi connectivity index (χ0) is 11.5. The summed E-state index contributed by atoms with van der Waals surface area (Å²) in [5.74, 6) is -0.551. The molecule has 0 fully saturated rings. The van der Waals surface area contributed by atoms with Gasteiger partial charge in [0, 0.05) is 22.6 Å². The minimum atomic E-state index is -0.691. The van der Waals surface area contributed by atoms with E-state index in [-0.39, 0.29) is 34.1 Å². The van der Waals surface area contributed by atoms with Gasteiger partial charge in [0.1, 0.15) is 18.2 Å². The van der Waals surface area contributed by atoms with E-state index in [2.05, 4.69) is 4.98 Å². The molecule has 17 heavy (non-hydrogen) atoms. The molecule has 2 aromatic rings. The number of nitrogens with zero attached hydrogens (tertiary/aromatic N) is 1. The van der Waals surface area contributed by atoms with Crippen LogP contribution in [0.1, 0.15) is 5.69 Å². The van der Waals surface area contributed by atoms with Gasteiger partial charge in [0.15, 0.2) is 0 Å². The fraction of sp³-hybridized carbons (Fsp3) is 0.0833. The number of hydrogen-bond donors (Lipinski definition) is 1. The van der Waals surface area contributed by atoms with Gasteiger partial charge in [-0.1, -0.05) is 6.07 Å². The maximum Gasteiger partial charge on any atom is 0.131 e. The Morgan fingerprint density at radius 1 is 1.18 bits per heavy atom. The van der Waals surface area contributed by atoms with Crippen LogP contribution >= 0.6 is 0 Å². The molecule has 0 atom stereocenters. The summed E-state index contributed by atoms with van der Waals surface area (Å²) in [7, 11) is 0. The van der Waals surface area contributed by atoms with Crippen LogP contribution in [-0.2, 0) is 23.7 Å². The third kappa shape index (κ3) is 3.02. The van der Waals surface area contributed by atoms with E-state index in [0.717, 1.165) is 6.07 Å². The molecule has 0 spiro atoms. The molecule has 5 heteroatoms. The molecule has 90 valence electrons. The predicted octanol–water partition coefficient (Wildman–Crippen LogP) is 3.06. The van der Waals surface area contributed by atoms with Crippen molar-refractivity contribution in [2.45, 2.75) is 6.67 Å². The number of rotatable bonds is 2. The van der Waals surface area contributed by atoms with Crippen molar-refractivity contribution >= 4 is 0 Å². The molecule has 0 unspecified atom stereocenters. The molecule has 1 aromatic heterocycles. The molecule has 0 amide bonds. The number of phenols is 1. The number of aromatic hydroxyl groups is 1. The topological polar surface area (TPSA) is 33.1 Å². The minimum absolute atomic E-state index is 0. The second-order valence-corrected chi connectivity index (χ2v) is 3.31. The largest absolute Gasteiger partial charge is 0.507 e. The Bertz CT molecular complexity index is 520. The fourth-order valence-electron chi connectivity index (χ4n) is 1.42. The smallest absolute Gasteiger partial charge is 0.131 e. The number of benzene rings is 1. The third-order valence-electron chi connectivity index (χ3n) is 2.18. The average molecular weight is 277 g/mol. The molecular formula is C12H9F2FeNO. The van der Waals surface area contributed by atoms with Gasteiger partial charge in [0.25, 0.3) is 0 Å². The summed E-state index contributed by atoms with van der Waals surface area (Å²) < 4.78 is 25.4. The maximum absolute atomic E-state index is 13.0. The monoisotopic (exact) mass is 277 g/mol. The first-order valence-corrected chi connectivity index (χ1v) is 4.71. The average Bonchev–Trinajstić information content (AvgIpc) is 2.32. The molecule has 0 radical (unpaired) electrons. The van der Waals surface area contributed by atoms with Crippen molar-refractivity contribution in [3.63, 3.8) is 0 Å². The summed E-state index contributed by atoms with van der Waals surface area (Å²) in [5.41, 5.74) is 0.864. The van der Waals surface area contributed by atoms with Crippen LogP contribution < -0.4 is 0 Å². The molecule has 1 heterocycles. The van der Waals surface area contributed by atoms with Gasteiger partial charge >= 0.3 is 0 Å². The summed E-state index contributed by atoms with van der Waals surface area (Å²) in [6.45, 7) is -0.691. The van der Waals surface area contributed by atoms with Gasteiger partial charge in [0.2, 0.25) is 0 Å². The Hall–Kier alpha value is -1.45. The van der Waals surface area contributed by atoms with E-state index < -0.39 is 12.5 Å². The van der Waals surface area contributed by atoms with Crippen molar-refractivity contribution in [3.05, 3.63) is 47.9 Å². The molecule has 1 N–H and O–H groups in total. The summed E-state index contributed by atoms with van der Waals surface area (Å²) >= 11 is 0. The van der Waals surface area contributed by atoms with Crippen LogP contribution in [0.4, 0.5) is 8.78 Å². The van der Waals surface area contributed by atoms with Gasteiger partial charge in [-0.15, -0.1) is 0 Å². The molecule has 0 aliphatic rings. The summed E-state index contributed by atoms with van der Waals surface area (Å²) in [4.78, 5) is 3.96. The number of pyridine rings is 1. The van der Waals surface area contributed by atoms with Crippen molar-refractivity contribution in [3.8, 4) is 17.0 Å². The van der Waals surface area contributed by atoms with Gasteiger partial charge in [-0.3, -0.25) is 0 Å². The SMILES string of the molecule is Oc1ccc(F)cc1-c1cccc(CF)n1.[Fe]. The Kier molecular flexibility index (Phi) is 4.61. The standard InChI is InChI=1S/C12H9F2NO.Fe/c13-7-9-2-1-3-11(15-9)10-6-8(14)4-5-12(10)16;/h1-6,16H,7H2;. The number of hydrogen-bond acceptors (Lipinski definition) is 2. The Balaban J connectivity index is 0.00000144. The first kappa shape index (κ1) is 13.6. The van der Waals surface area contributed by atoms with E-state index in [4.69, 9.17) is 0 Å². The second-order valence-electron chi connectivity index (χ2n) is 3.31. The van der Waals surface area contributed by atoms with Crippen LogP contribution in [0, 0.1) is 5.82 Å². The molecular weight excluding hydrogens is 268 g/mol. The molecule has 0 aliphatic carbocycles. The van der Waals surface area contributed by atoms with E-state index in [1.807, 2.05) is 0 Å². The molecule has 2 nitrogen and oxygen atoms in total. The van der Waals surface area contributed by atoms with Gasteiger partial charge in [-0.2, -0.15) is 0 Å². The molecule has 0 saturated heterocycles. The first-order chi connectivity index (χ1) is 7.70. The van der Waals surface area contributed by atoms with Crippen LogP contribution in [-0.4, -0.2) is 10.1 Å². The van der Waals surface area contributed by atoms with Crippen LogP contribution in [0.2, 0.25) is 0 Å². The van der Waals surface area contributed by atoms with Crippen LogP contribution in [0.5, 0.6) is 5.75 Å².